The van der Waals surface area contributed by atoms with E-state index in [0.29, 0.717) is 37.4 Å². The summed E-state index contributed by atoms with van der Waals surface area (Å²) in [6, 6.07) is 4.58. The number of nitrogens with one attached hydrogen (secondary N) is 1. The third kappa shape index (κ3) is 4.45. The maximum absolute atomic E-state index is 12.5. The largest absolute Gasteiger partial charge is 0.494 e. The van der Waals surface area contributed by atoms with Gasteiger partial charge in [-0.25, -0.2) is 13.1 Å². The van der Waals surface area contributed by atoms with E-state index in [1.54, 1.807) is 36.9 Å². The first-order chi connectivity index (χ1) is 10.8. The van der Waals surface area contributed by atoms with Crippen LogP contribution in [-0.4, -0.2) is 45.0 Å². The van der Waals surface area contributed by atoms with E-state index >= 15 is 0 Å². The zero-order chi connectivity index (χ0) is 17.0. The Morgan fingerprint density at radius 1 is 1.39 bits per heavy atom. The minimum Gasteiger partial charge on any atom is -0.494 e. The number of aryl methyl sites for hydroxylation is 1. The number of sulfonamides is 1. The Balaban J connectivity index is 2.07. The van der Waals surface area contributed by atoms with Crippen molar-refractivity contribution in [2.45, 2.75) is 44.6 Å². The van der Waals surface area contributed by atoms with E-state index in [9.17, 15) is 13.2 Å². The van der Waals surface area contributed by atoms with E-state index in [4.69, 9.17) is 4.74 Å². The van der Waals surface area contributed by atoms with Gasteiger partial charge in [0.15, 0.2) is 0 Å². The van der Waals surface area contributed by atoms with Crippen molar-refractivity contribution >= 4 is 15.9 Å². The quantitative estimate of drug-likeness (QED) is 0.819. The highest BCUT2D eigenvalue weighted by Crippen LogP contribution is 2.21. The molecule has 1 fully saturated rings. The van der Waals surface area contributed by atoms with Crippen LogP contribution in [0.15, 0.2) is 23.1 Å². The highest BCUT2D eigenvalue weighted by atomic mass is 32.2. The second-order valence-corrected chi connectivity index (χ2v) is 7.51. The van der Waals surface area contributed by atoms with Gasteiger partial charge in [0.05, 0.1) is 11.5 Å². The van der Waals surface area contributed by atoms with Gasteiger partial charge in [-0.3, -0.25) is 4.79 Å². The fourth-order valence-corrected chi connectivity index (χ4v) is 4.23. The van der Waals surface area contributed by atoms with Gasteiger partial charge in [-0.15, -0.1) is 0 Å². The molecule has 1 N–H and O–H groups in total. The van der Waals surface area contributed by atoms with Crippen molar-refractivity contribution in [2.24, 2.45) is 0 Å². The lowest BCUT2D eigenvalue weighted by atomic mass is 10.2. The SMILES string of the molecule is CCOc1ccc(S(=O)(=O)NC(C)CN2CCCC2=O)c(C)c1. The van der Waals surface area contributed by atoms with Crippen LogP contribution >= 0.6 is 0 Å². The Hall–Kier alpha value is -1.60. The number of hydrogen-bond acceptors (Lipinski definition) is 4. The summed E-state index contributed by atoms with van der Waals surface area (Å²) in [5.74, 6) is 0.743. The van der Waals surface area contributed by atoms with Gasteiger partial charge < -0.3 is 9.64 Å². The van der Waals surface area contributed by atoms with E-state index < -0.39 is 10.0 Å². The predicted molar refractivity (Wildman–Crippen MR) is 87.9 cm³/mol. The van der Waals surface area contributed by atoms with Crippen molar-refractivity contribution in [1.82, 2.24) is 9.62 Å². The van der Waals surface area contributed by atoms with Crippen LogP contribution in [0.1, 0.15) is 32.3 Å². The van der Waals surface area contributed by atoms with E-state index in [1.165, 1.54) is 0 Å². The van der Waals surface area contributed by atoms with Crippen LogP contribution in [-0.2, 0) is 14.8 Å². The second kappa shape index (κ2) is 7.31. The van der Waals surface area contributed by atoms with Crippen LogP contribution < -0.4 is 9.46 Å². The summed E-state index contributed by atoms with van der Waals surface area (Å²) in [6.07, 6.45) is 1.40. The van der Waals surface area contributed by atoms with Crippen LogP contribution in [0.3, 0.4) is 0 Å². The highest BCUT2D eigenvalue weighted by molar-refractivity contribution is 7.89. The molecule has 1 aromatic carbocycles. The first kappa shape index (κ1) is 17.7. The average molecular weight is 340 g/mol. The summed E-state index contributed by atoms with van der Waals surface area (Å²) < 4.78 is 33.1. The van der Waals surface area contributed by atoms with Crippen molar-refractivity contribution in [1.29, 1.82) is 0 Å². The zero-order valence-electron chi connectivity index (χ0n) is 13.8. The number of hydrogen-bond donors (Lipinski definition) is 1. The molecule has 1 amide bonds. The lowest BCUT2D eigenvalue weighted by Gasteiger charge is -2.22. The van der Waals surface area contributed by atoms with Gasteiger partial charge in [0, 0.05) is 25.6 Å². The summed E-state index contributed by atoms with van der Waals surface area (Å²) in [4.78, 5) is 13.6. The molecule has 0 bridgehead atoms. The summed E-state index contributed by atoms with van der Waals surface area (Å²) in [5.41, 5.74) is 0.632. The van der Waals surface area contributed by atoms with Crippen molar-refractivity contribution < 1.29 is 17.9 Å². The van der Waals surface area contributed by atoms with Crippen molar-refractivity contribution in [3.05, 3.63) is 23.8 Å². The number of amides is 1. The molecule has 0 aromatic heterocycles. The minimum atomic E-state index is -3.62. The standard InChI is InChI=1S/C16H24N2O4S/c1-4-22-14-7-8-15(12(2)10-14)23(20,21)17-13(3)11-18-9-5-6-16(18)19/h7-8,10,13,17H,4-6,9,11H2,1-3H3. The van der Waals surface area contributed by atoms with Crippen LogP contribution in [0.5, 0.6) is 5.75 Å². The Bertz CT molecular complexity index is 673. The molecule has 1 unspecified atom stereocenters. The molecule has 0 radical (unpaired) electrons. The second-order valence-electron chi connectivity index (χ2n) is 5.83. The molecule has 1 aromatic rings. The molecule has 0 saturated carbocycles. The van der Waals surface area contributed by atoms with Crippen LogP contribution in [0, 0.1) is 6.92 Å². The molecule has 1 atom stereocenters. The Morgan fingerprint density at radius 3 is 2.70 bits per heavy atom. The maximum atomic E-state index is 12.5. The summed E-state index contributed by atoms with van der Waals surface area (Å²) in [7, 11) is -3.62. The number of rotatable bonds is 7. The fourth-order valence-electron chi connectivity index (χ4n) is 2.77. The number of benzene rings is 1. The van der Waals surface area contributed by atoms with Gasteiger partial charge in [0.2, 0.25) is 15.9 Å². The molecule has 0 aliphatic carbocycles. The molecular formula is C16H24N2O4S. The van der Waals surface area contributed by atoms with Crippen molar-refractivity contribution in [3.63, 3.8) is 0 Å². The highest BCUT2D eigenvalue weighted by Gasteiger charge is 2.25. The van der Waals surface area contributed by atoms with Crippen LogP contribution in [0.2, 0.25) is 0 Å². The normalized spacial score (nSPS) is 16.7. The Kier molecular flexibility index (Phi) is 5.64. The number of nitrogens with zero attached hydrogens (tertiary/aromatic N) is 1. The summed E-state index contributed by atoms with van der Waals surface area (Å²) >= 11 is 0. The van der Waals surface area contributed by atoms with Gasteiger partial charge in [-0.1, -0.05) is 0 Å². The predicted octanol–water partition coefficient (Wildman–Crippen LogP) is 1.68. The van der Waals surface area contributed by atoms with Gasteiger partial charge in [-0.2, -0.15) is 0 Å². The summed E-state index contributed by atoms with van der Waals surface area (Å²) in [5, 5.41) is 0. The van der Waals surface area contributed by atoms with E-state index in [0.717, 1.165) is 6.42 Å². The van der Waals surface area contributed by atoms with E-state index in [2.05, 4.69) is 4.72 Å². The molecule has 7 heteroatoms. The van der Waals surface area contributed by atoms with Crippen LogP contribution in [0.25, 0.3) is 0 Å². The molecular weight excluding hydrogens is 316 g/mol. The molecule has 1 aliphatic heterocycles. The molecule has 2 rings (SSSR count). The molecule has 6 nitrogen and oxygen atoms in total. The summed E-state index contributed by atoms with van der Waals surface area (Å²) in [6.45, 7) is 7.02. The lowest BCUT2D eigenvalue weighted by Crippen LogP contribution is -2.42. The van der Waals surface area contributed by atoms with Crippen LogP contribution in [0.4, 0.5) is 0 Å². The van der Waals surface area contributed by atoms with Gasteiger partial charge in [0.25, 0.3) is 0 Å². The topological polar surface area (TPSA) is 75.7 Å². The molecule has 1 heterocycles. The monoisotopic (exact) mass is 340 g/mol. The zero-order valence-corrected chi connectivity index (χ0v) is 14.6. The molecule has 1 aliphatic rings. The third-order valence-corrected chi connectivity index (χ3v) is 5.52. The third-order valence-electron chi connectivity index (χ3n) is 3.77. The number of likely N-dealkylation sites (tertiary alicyclic amines) is 1. The lowest BCUT2D eigenvalue weighted by molar-refractivity contribution is -0.127. The maximum Gasteiger partial charge on any atom is 0.241 e. The molecule has 1 saturated heterocycles. The van der Waals surface area contributed by atoms with Gasteiger partial charge in [0.1, 0.15) is 5.75 Å². The number of carbonyl (C=O) groups is 1. The fraction of sp³-hybridized carbons (Fsp3) is 0.562. The minimum absolute atomic E-state index is 0.0910. The van der Waals surface area contributed by atoms with Crippen molar-refractivity contribution in [2.75, 3.05) is 19.7 Å². The molecule has 23 heavy (non-hydrogen) atoms. The van der Waals surface area contributed by atoms with Crippen molar-refractivity contribution in [3.8, 4) is 5.75 Å². The smallest absolute Gasteiger partial charge is 0.241 e. The average Bonchev–Trinajstić information content (AvgIpc) is 2.83. The number of ether oxygens (including phenoxy) is 1. The first-order valence-corrected chi connectivity index (χ1v) is 9.35. The van der Waals surface area contributed by atoms with E-state index in [1.807, 2.05) is 6.92 Å². The number of carbonyl (C=O) groups excluding carboxylic acids is 1. The van der Waals surface area contributed by atoms with Gasteiger partial charge >= 0.3 is 0 Å². The van der Waals surface area contributed by atoms with Gasteiger partial charge in [-0.05, 0) is 51.0 Å². The first-order valence-electron chi connectivity index (χ1n) is 7.87. The van der Waals surface area contributed by atoms with E-state index in [-0.39, 0.29) is 16.8 Å². The Labute approximate surface area is 137 Å². The molecule has 128 valence electrons. The molecule has 0 spiro atoms. The Morgan fingerprint density at radius 2 is 2.13 bits per heavy atom.